The summed E-state index contributed by atoms with van der Waals surface area (Å²) in [7, 11) is 0. The number of esters is 1. The Bertz CT molecular complexity index is 928. The van der Waals surface area contributed by atoms with Crippen LogP contribution >= 0.6 is 0 Å². The third kappa shape index (κ3) is 3.60. The highest BCUT2D eigenvalue weighted by Gasteiger charge is 2.22. The average molecular weight is 339 g/mol. The van der Waals surface area contributed by atoms with Gasteiger partial charge in [-0.05, 0) is 18.4 Å². The number of rotatable bonds is 5. The van der Waals surface area contributed by atoms with Gasteiger partial charge in [0.25, 0.3) is 0 Å². The molecule has 0 fully saturated rings. The van der Waals surface area contributed by atoms with Crippen molar-refractivity contribution >= 4 is 40.2 Å². The topological polar surface area (TPSA) is 93.5 Å². The number of carbonyl (C=O) groups is 2. The van der Waals surface area contributed by atoms with E-state index >= 15 is 0 Å². The molecule has 0 atom stereocenters. The molecule has 3 aromatic rings. The largest absolute Gasteiger partial charge is 0.461 e. The monoisotopic (exact) mass is 339 g/mol. The van der Waals surface area contributed by atoms with Crippen molar-refractivity contribution in [3.63, 3.8) is 0 Å². The van der Waals surface area contributed by atoms with Gasteiger partial charge in [0.05, 0.1) is 12.3 Å². The zero-order valence-electron chi connectivity index (χ0n) is 13.8. The predicted octanol–water partition coefficient (Wildman–Crippen LogP) is 3.71. The molecule has 2 aromatic carbocycles. The quantitative estimate of drug-likeness (QED) is 0.688. The minimum Gasteiger partial charge on any atom is -0.461 e. The minimum atomic E-state index is -0.666. The number of hydrogen-bond donors (Lipinski definition) is 2. The molecule has 3 rings (SSSR count). The second kappa shape index (κ2) is 7.04. The second-order valence-electron chi connectivity index (χ2n) is 5.25. The van der Waals surface area contributed by atoms with Gasteiger partial charge in [-0.15, -0.1) is 0 Å². The number of nitrogens with one attached hydrogen (secondary N) is 2. The van der Waals surface area contributed by atoms with Crippen LogP contribution in [0.5, 0.6) is 0 Å². The predicted molar refractivity (Wildman–Crippen MR) is 94.0 cm³/mol. The molecule has 0 aliphatic carbocycles. The summed E-state index contributed by atoms with van der Waals surface area (Å²) in [5, 5.41) is 7.51. The van der Waals surface area contributed by atoms with E-state index in [1.807, 2.05) is 42.5 Å². The fourth-order valence-corrected chi connectivity index (χ4v) is 2.41. The number of nitrogens with zero attached hydrogens (tertiary/aromatic N) is 1. The van der Waals surface area contributed by atoms with Gasteiger partial charge >= 0.3 is 12.0 Å². The maximum Gasteiger partial charge on any atom is 0.362 e. The number of amides is 1. The highest BCUT2D eigenvalue weighted by atomic mass is 16.5. The van der Waals surface area contributed by atoms with Gasteiger partial charge in [0.1, 0.15) is 0 Å². The lowest BCUT2D eigenvalue weighted by molar-refractivity contribution is -0.114. The van der Waals surface area contributed by atoms with Crippen LogP contribution in [0.3, 0.4) is 0 Å². The van der Waals surface area contributed by atoms with Gasteiger partial charge in [-0.2, -0.15) is 4.98 Å². The van der Waals surface area contributed by atoms with Gasteiger partial charge < -0.3 is 14.5 Å². The fraction of sp³-hybridized carbons (Fsp3) is 0.167. The summed E-state index contributed by atoms with van der Waals surface area (Å²) in [4.78, 5) is 27.4. The van der Waals surface area contributed by atoms with E-state index in [9.17, 15) is 9.59 Å². The van der Waals surface area contributed by atoms with Crippen LogP contribution in [0.25, 0.3) is 10.8 Å². The van der Waals surface area contributed by atoms with E-state index in [2.05, 4.69) is 15.6 Å². The highest BCUT2D eigenvalue weighted by molar-refractivity contribution is 5.98. The zero-order chi connectivity index (χ0) is 17.8. The van der Waals surface area contributed by atoms with Crippen LogP contribution in [-0.4, -0.2) is 23.5 Å². The first-order valence-corrected chi connectivity index (χ1v) is 7.78. The van der Waals surface area contributed by atoms with Crippen molar-refractivity contribution in [3.05, 3.63) is 48.2 Å². The molecule has 0 saturated heterocycles. The van der Waals surface area contributed by atoms with Gasteiger partial charge in [-0.3, -0.25) is 10.1 Å². The molecule has 128 valence electrons. The number of anilines is 3. The van der Waals surface area contributed by atoms with Crippen molar-refractivity contribution in [1.29, 1.82) is 0 Å². The average Bonchev–Trinajstić information content (AvgIpc) is 2.97. The number of oxazole rings is 1. The molecule has 7 nitrogen and oxygen atoms in total. The number of carbonyl (C=O) groups excluding carboxylic acids is 2. The van der Waals surface area contributed by atoms with Crippen LogP contribution in [0, 0.1) is 0 Å². The lowest BCUT2D eigenvalue weighted by atomic mass is 10.1. The van der Waals surface area contributed by atoms with E-state index in [1.165, 1.54) is 6.92 Å². The Morgan fingerprint density at radius 1 is 1.16 bits per heavy atom. The molecule has 25 heavy (non-hydrogen) atoms. The molecule has 1 aromatic heterocycles. The van der Waals surface area contributed by atoms with Crippen LogP contribution in [0.4, 0.5) is 17.6 Å². The maximum atomic E-state index is 12.0. The van der Waals surface area contributed by atoms with Gasteiger partial charge in [-0.25, -0.2) is 4.79 Å². The van der Waals surface area contributed by atoms with E-state index in [0.717, 1.165) is 16.5 Å². The van der Waals surface area contributed by atoms with Gasteiger partial charge in [0, 0.05) is 12.3 Å². The summed E-state index contributed by atoms with van der Waals surface area (Å²) in [6.07, 6.45) is 0. The molecule has 1 amide bonds. The smallest absolute Gasteiger partial charge is 0.362 e. The molecule has 0 spiro atoms. The van der Waals surface area contributed by atoms with Crippen LogP contribution in [0.15, 0.2) is 46.9 Å². The molecular weight excluding hydrogens is 322 g/mol. The van der Waals surface area contributed by atoms with Crippen LogP contribution in [0.2, 0.25) is 0 Å². The summed E-state index contributed by atoms with van der Waals surface area (Å²) >= 11 is 0. The number of hydrogen-bond acceptors (Lipinski definition) is 6. The zero-order valence-corrected chi connectivity index (χ0v) is 13.8. The molecule has 0 unspecified atom stereocenters. The molecule has 0 radical (unpaired) electrons. The first-order chi connectivity index (χ1) is 12.1. The highest BCUT2D eigenvalue weighted by Crippen LogP contribution is 2.28. The van der Waals surface area contributed by atoms with E-state index in [0.29, 0.717) is 0 Å². The summed E-state index contributed by atoms with van der Waals surface area (Å²) in [5.74, 6) is -1.09. The van der Waals surface area contributed by atoms with E-state index in [4.69, 9.17) is 9.15 Å². The van der Waals surface area contributed by atoms with Crippen molar-refractivity contribution in [2.45, 2.75) is 13.8 Å². The standard InChI is InChI=1S/C18H17N3O4/c1-3-24-17(23)15-16(19-11(2)22)25-18(21-15)20-14-10-6-8-12-7-4-5-9-13(12)14/h4-10H,3H2,1-2H3,(H,19,22)(H,20,21). The van der Waals surface area contributed by atoms with E-state index in [1.54, 1.807) is 6.92 Å². The molecule has 2 N–H and O–H groups in total. The number of fused-ring (bicyclic) bond motifs is 1. The molecular formula is C18H17N3O4. The van der Waals surface area contributed by atoms with Crippen molar-refractivity contribution in [2.24, 2.45) is 0 Å². The van der Waals surface area contributed by atoms with Crippen molar-refractivity contribution in [1.82, 2.24) is 4.98 Å². The molecule has 0 aliphatic heterocycles. The first kappa shape index (κ1) is 16.5. The third-order valence-electron chi connectivity index (χ3n) is 3.42. The maximum absolute atomic E-state index is 12.0. The lowest BCUT2D eigenvalue weighted by Gasteiger charge is -2.06. The van der Waals surface area contributed by atoms with Crippen LogP contribution < -0.4 is 10.6 Å². The normalized spacial score (nSPS) is 10.5. The Labute approximate surface area is 144 Å². The van der Waals surface area contributed by atoms with Crippen LogP contribution in [-0.2, 0) is 9.53 Å². The summed E-state index contributed by atoms with van der Waals surface area (Å²) < 4.78 is 10.4. The Morgan fingerprint density at radius 2 is 1.92 bits per heavy atom. The fourth-order valence-electron chi connectivity index (χ4n) is 2.41. The van der Waals surface area contributed by atoms with E-state index in [-0.39, 0.29) is 30.1 Å². The Balaban J connectivity index is 1.96. The molecule has 0 saturated carbocycles. The molecule has 0 bridgehead atoms. The Morgan fingerprint density at radius 3 is 2.68 bits per heavy atom. The molecule has 0 aliphatic rings. The molecule has 1 heterocycles. The summed E-state index contributed by atoms with van der Waals surface area (Å²) in [6.45, 7) is 3.19. The number of benzene rings is 2. The third-order valence-corrected chi connectivity index (χ3v) is 3.42. The van der Waals surface area contributed by atoms with Crippen molar-refractivity contribution < 1.29 is 18.7 Å². The molecule has 7 heteroatoms. The minimum absolute atomic E-state index is 0.0475. The van der Waals surface area contributed by atoms with Crippen molar-refractivity contribution in [3.8, 4) is 0 Å². The van der Waals surface area contributed by atoms with Gasteiger partial charge in [0.2, 0.25) is 17.5 Å². The van der Waals surface area contributed by atoms with Gasteiger partial charge in [0.15, 0.2) is 0 Å². The number of ether oxygens (including phenoxy) is 1. The Hall–Kier alpha value is -3.35. The first-order valence-electron chi connectivity index (χ1n) is 7.78. The summed E-state index contributed by atoms with van der Waals surface area (Å²) in [6, 6.07) is 13.7. The SMILES string of the molecule is CCOC(=O)c1nc(Nc2cccc3ccccc23)oc1NC(C)=O. The van der Waals surface area contributed by atoms with Gasteiger partial charge in [-0.1, -0.05) is 36.4 Å². The number of aromatic nitrogens is 1. The van der Waals surface area contributed by atoms with Crippen molar-refractivity contribution in [2.75, 3.05) is 17.2 Å². The summed E-state index contributed by atoms with van der Waals surface area (Å²) in [5.41, 5.74) is 0.684. The lowest BCUT2D eigenvalue weighted by Crippen LogP contribution is -2.12. The van der Waals surface area contributed by atoms with Crippen LogP contribution in [0.1, 0.15) is 24.3 Å². The van der Waals surface area contributed by atoms with E-state index < -0.39 is 5.97 Å². The Kier molecular flexibility index (Phi) is 4.65. The second-order valence-corrected chi connectivity index (χ2v) is 5.25.